The summed E-state index contributed by atoms with van der Waals surface area (Å²) in [6.07, 6.45) is 1.68. The summed E-state index contributed by atoms with van der Waals surface area (Å²) in [5, 5.41) is 2.99. The van der Waals surface area contributed by atoms with Crippen LogP contribution >= 0.6 is 0 Å². The van der Waals surface area contributed by atoms with Crippen molar-refractivity contribution in [2.75, 3.05) is 18.8 Å². The lowest BCUT2D eigenvalue weighted by atomic mass is 9.79. The SMILES string of the molecule is CC(C)C(=O)NCC1Cc2nc(N)[nH]c2CC1CN. The van der Waals surface area contributed by atoms with Gasteiger partial charge in [-0.15, -0.1) is 0 Å². The van der Waals surface area contributed by atoms with Crippen LogP contribution in [0, 0.1) is 17.8 Å². The lowest BCUT2D eigenvalue weighted by Gasteiger charge is -2.30. The summed E-state index contributed by atoms with van der Waals surface area (Å²) in [5.41, 5.74) is 13.6. The fourth-order valence-corrected chi connectivity index (χ4v) is 2.60. The third-order valence-electron chi connectivity index (χ3n) is 3.84. The predicted molar refractivity (Wildman–Crippen MR) is 74.3 cm³/mol. The average molecular weight is 265 g/mol. The molecule has 0 bridgehead atoms. The minimum atomic E-state index is 0.0107. The molecule has 6 N–H and O–H groups in total. The molecule has 0 radical (unpaired) electrons. The average Bonchev–Trinajstić information content (AvgIpc) is 2.73. The monoisotopic (exact) mass is 265 g/mol. The maximum Gasteiger partial charge on any atom is 0.222 e. The van der Waals surface area contributed by atoms with Gasteiger partial charge in [0, 0.05) is 18.2 Å². The first-order chi connectivity index (χ1) is 9.01. The number of hydrogen-bond acceptors (Lipinski definition) is 4. The molecule has 0 aliphatic heterocycles. The van der Waals surface area contributed by atoms with Gasteiger partial charge in [-0.1, -0.05) is 13.8 Å². The predicted octanol–water partition coefficient (Wildman–Crippen LogP) is 0.0538. The summed E-state index contributed by atoms with van der Waals surface area (Å²) in [5.74, 6) is 1.26. The molecule has 106 valence electrons. The van der Waals surface area contributed by atoms with Gasteiger partial charge in [-0.25, -0.2) is 4.98 Å². The van der Waals surface area contributed by atoms with Gasteiger partial charge in [-0.3, -0.25) is 4.79 Å². The first kappa shape index (κ1) is 13.9. The molecular formula is C13H23N5O. The van der Waals surface area contributed by atoms with Crippen LogP contribution in [-0.2, 0) is 17.6 Å². The highest BCUT2D eigenvalue weighted by atomic mass is 16.1. The van der Waals surface area contributed by atoms with Crippen LogP contribution in [0.2, 0.25) is 0 Å². The number of nitrogens with one attached hydrogen (secondary N) is 2. The van der Waals surface area contributed by atoms with E-state index in [1.165, 1.54) is 0 Å². The molecule has 1 amide bonds. The molecule has 1 aromatic heterocycles. The van der Waals surface area contributed by atoms with E-state index >= 15 is 0 Å². The largest absolute Gasteiger partial charge is 0.369 e. The lowest BCUT2D eigenvalue weighted by Crippen LogP contribution is -2.40. The number of aromatic amines is 1. The number of fused-ring (bicyclic) bond motifs is 1. The molecule has 1 heterocycles. The van der Waals surface area contributed by atoms with Crippen LogP contribution in [0.4, 0.5) is 5.95 Å². The second kappa shape index (κ2) is 5.61. The molecule has 0 saturated carbocycles. The second-order valence-corrected chi connectivity index (χ2v) is 5.61. The molecule has 1 aromatic rings. The highest BCUT2D eigenvalue weighted by molar-refractivity contribution is 5.77. The van der Waals surface area contributed by atoms with E-state index in [4.69, 9.17) is 11.5 Å². The van der Waals surface area contributed by atoms with Crippen LogP contribution in [0.3, 0.4) is 0 Å². The molecule has 1 aliphatic carbocycles. The topological polar surface area (TPSA) is 110 Å². The Kier molecular flexibility index (Phi) is 4.09. The fraction of sp³-hybridized carbons (Fsp3) is 0.692. The van der Waals surface area contributed by atoms with Gasteiger partial charge >= 0.3 is 0 Å². The maximum atomic E-state index is 11.6. The summed E-state index contributed by atoms with van der Waals surface area (Å²) in [7, 11) is 0. The third-order valence-corrected chi connectivity index (χ3v) is 3.84. The molecular weight excluding hydrogens is 242 g/mol. The molecule has 1 aliphatic rings. The van der Waals surface area contributed by atoms with E-state index in [-0.39, 0.29) is 11.8 Å². The quantitative estimate of drug-likeness (QED) is 0.616. The van der Waals surface area contributed by atoms with E-state index < -0.39 is 0 Å². The molecule has 2 atom stereocenters. The Morgan fingerprint density at radius 2 is 2.21 bits per heavy atom. The highest BCUT2D eigenvalue weighted by Gasteiger charge is 2.30. The number of amides is 1. The highest BCUT2D eigenvalue weighted by Crippen LogP contribution is 2.28. The Morgan fingerprint density at radius 3 is 2.84 bits per heavy atom. The zero-order valence-corrected chi connectivity index (χ0v) is 11.6. The number of carbonyl (C=O) groups excluding carboxylic acids is 1. The van der Waals surface area contributed by atoms with Crippen molar-refractivity contribution in [3.63, 3.8) is 0 Å². The Bertz CT molecular complexity index is 454. The number of nitrogens with zero attached hydrogens (tertiary/aromatic N) is 1. The minimum absolute atomic E-state index is 0.0107. The smallest absolute Gasteiger partial charge is 0.222 e. The van der Waals surface area contributed by atoms with Crippen LogP contribution in [-0.4, -0.2) is 29.0 Å². The van der Waals surface area contributed by atoms with Crippen LogP contribution < -0.4 is 16.8 Å². The van der Waals surface area contributed by atoms with E-state index in [0.717, 1.165) is 24.2 Å². The van der Waals surface area contributed by atoms with Gasteiger partial charge in [0.2, 0.25) is 5.91 Å². The molecule has 6 heteroatoms. The molecule has 0 spiro atoms. The van der Waals surface area contributed by atoms with E-state index in [1.54, 1.807) is 0 Å². The normalized spacial score (nSPS) is 22.3. The Hall–Kier alpha value is -1.56. The van der Waals surface area contributed by atoms with Gasteiger partial charge in [0.15, 0.2) is 5.95 Å². The molecule has 2 rings (SSSR count). The van der Waals surface area contributed by atoms with Crippen LogP contribution in [0.1, 0.15) is 25.2 Å². The molecule has 0 saturated heterocycles. The third kappa shape index (κ3) is 3.07. The molecule has 0 fully saturated rings. The van der Waals surface area contributed by atoms with E-state index in [9.17, 15) is 4.79 Å². The van der Waals surface area contributed by atoms with E-state index in [2.05, 4.69) is 15.3 Å². The zero-order valence-electron chi connectivity index (χ0n) is 11.6. The summed E-state index contributed by atoms with van der Waals surface area (Å²) >= 11 is 0. The number of imidazole rings is 1. The van der Waals surface area contributed by atoms with Gasteiger partial charge in [0.05, 0.1) is 5.69 Å². The zero-order chi connectivity index (χ0) is 14.0. The standard InChI is InChI=1S/C13H23N5O/c1-7(2)12(19)16-6-9-4-11-10(3-8(9)5-14)17-13(15)18-11/h7-9H,3-6,14H2,1-2H3,(H,16,19)(H3,15,17,18). The van der Waals surface area contributed by atoms with Crippen molar-refractivity contribution in [1.29, 1.82) is 0 Å². The van der Waals surface area contributed by atoms with Crippen LogP contribution in [0.15, 0.2) is 0 Å². The number of aromatic nitrogens is 2. The number of hydrogen-bond donors (Lipinski definition) is 4. The van der Waals surface area contributed by atoms with Crippen molar-refractivity contribution in [3.05, 3.63) is 11.4 Å². The molecule has 19 heavy (non-hydrogen) atoms. The van der Waals surface area contributed by atoms with Gasteiger partial charge in [0.25, 0.3) is 0 Å². The number of nitrogen functional groups attached to an aromatic ring is 1. The molecule has 0 aromatic carbocycles. The van der Waals surface area contributed by atoms with Crippen LogP contribution in [0.25, 0.3) is 0 Å². The van der Waals surface area contributed by atoms with Crippen LogP contribution in [0.5, 0.6) is 0 Å². The van der Waals surface area contributed by atoms with Gasteiger partial charge < -0.3 is 21.8 Å². The first-order valence-corrected chi connectivity index (χ1v) is 6.82. The second-order valence-electron chi connectivity index (χ2n) is 5.61. The van der Waals surface area contributed by atoms with Crippen molar-refractivity contribution >= 4 is 11.9 Å². The first-order valence-electron chi connectivity index (χ1n) is 6.82. The minimum Gasteiger partial charge on any atom is -0.369 e. The van der Waals surface area contributed by atoms with Gasteiger partial charge in [-0.2, -0.15) is 0 Å². The van der Waals surface area contributed by atoms with Crippen molar-refractivity contribution in [3.8, 4) is 0 Å². The fourth-order valence-electron chi connectivity index (χ4n) is 2.60. The van der Waals surface area contributed by atoms with Gasteiger partial charge in [0.1, 0.15) is 0 Å². The van der Waals surface area contributed by atoms with Crippen molar-refractivity contribution < 1.29 is 4.79 Å². The number of anilines is 1. The molecule has 2 unspecified atom stereocenters. The summed E-state index contributed by atoms with van der Waals surface area (Å²) in [4.78, 5) is 19.0. The lowest BCUT2D eigenvalue weighted by molar-refractivity contribution is -0.124. The summed E-state index contributed by atoms with van der Waals surface area (Å²) in [6.45, 7) is 5.05. The summed E-state index contributed by atoms with van der Waals surface area (Å²) < 4.78 is 0. The van der Waals surface area contributed by atoms with Gasteiger partial charge in [-0.05, 0) is 31.2 Å². The number of rotatable bonds is 4. The van der Waals surface area contributed by atoms with Crippen molar-refractivity contribution in [1.82, 2.24) is 15.3 Å². The summed E-state index contributed by atoms with van der Waals surface area (Å²) in [6, 6.07) is 0. The van der Waals surface area contributed by atoms with E-state index in [1.807, 2.05) is 13.8 Å². The van der Waals surface area contributed by atoms with Crippen molar-refractivity contribution in [2.24, 2.45) is 23.5 Å². The number of H-pyrrole nitrogens is 1. The molecule has 6 nitrogen and oxygen atoms in total. The van der Waals surface area contributed by atoms with E-state index in [0.29, 0.717) is 30.9 Å². The van der Waals surface area contributed by atoms with Crippen molar-refractivity contribution in [2.45, 2.75) is 26.7 Å². The number of carbonyl (C=O) groups is 1. The Morgan fingerprint density at radius 1 is 1.47 bits per heavy atom. The maximum absolute atomic E-state index is 11.6. The number of nitrogens with two attached hydrogens (primary N) is 2. The Balaban J connectivity index is 2.02. The Labute approximate surface area is 113 Å².